The summed E-state index contributed by atoms with van der Waals surface area (Å²) in [6, 6.07) is 10.5. The molecule has 1 fully saturated rings. The van der Waals surface area contributed by atoms with Crippen LogP contribution in [0.2, 0.25) is 0 Å². The van der Waals surface area contributed by atoms with E-state index in [1.807, 2.05) is 0 Å². The fraction of sp³-hybridized carbons (Fsp3) is 0.412. The number of carbonyl (C=O) groups is 1. The van der Waals surface area contributed by atoms with Gasteiger partial charge in [-0.3, -0.25) is 9.47 Å². The highest BCUT2D eigenvalue weighted by Crippen LogP contribution is 2.18. The molecule has 116 valence electrons. The normalized spacial score (nSPS) is 16.5. The van der Waals surface area contributed by atoms with Crippen LogP contribution >= 0.6 is 0 Å². The number of likely N-dealkylation sites (tertiary alicyclic amines) is 1. The lowest BCUT2D eigenvalue weighted by atomic mass is 9.96. The van der Waals surface area contributed by atoms with Crippen LogP contribution in [0.1, 0.15) is 18.4 Å². The lowest BCUT2D eigenvalue weighted by molar-refractivity contribution is 0.175. The number of nitrogens with one attached hydrogen (secondary N) is 1. The maximum absolute atomic E-state index is 11.9. The molecule has 5 heteroatoms. The van der Waals surface area contributed by atoms with Crippen molar-refractivity contribution in [1.29, 1.82) is 0 Å². The van der Waals surface area contributed by atoms with E-state index in [4.69, 9.17) is 0 Å². The molecule has 2 aromatic rings. The highest BCUT2D eigenvalue weighted by atomic mass is 16.2. The summed E-state index contributed by atoms with van der Waals surface area (Å²) in [4.78, 5) is 18.2. The minimum Gasteiger partial charge on any atom is -0.337 e. The Labute approximate surface area is 131 Å². The zero-order valence-electron chi connectivity index (χ0n) is 12.7. The summed E-state index contributed by atoms with van der Waals surface area (Å²) in [5.74, 6) is 0.569. The van der Waals surface area contributed by atoms with Gasteiger partial charge >= 0.3 is 6.03 Å². The van der Waals surface area contributed by atoms with Gasteiger partial charge in [-0.15, -0.1) is 0 Å². The predicted octanol–water partition coefficient (Wildman–Crippen LogP) is 2.35. The largest absolute Gasteiger partial charge is 0.337 e. The van der Waals surface area contributed by atoms with Crippen molar-refractivity contribution >= 4 is 6.03 Å². The van der Waals surface area contributed by atoms with Crippen LogP contribution in [0.3, 0.4) is 0 Å². The monoisotopic (exact) mass is 298 g/mol. The number of benzene rings is 1. The number of hydrogen-bond donors (Lipinski definition) is 1. The molecule has 1 amide bonds. The van der Waals surface area contributed by atoms with Gasteiger partial charge in [-0.2, -0.15) is 0 Å². The molecule has 1 aliphatic heterocycles. The van der Waals surface area contributed by atoms with Crippen molar-refractivity contribution < 1.29 is 4.79 Å². The van der Waals surface area contributed by atoms with E-state index in [1.165, 1.54) is 16.5 Å². The molecule has 0 aliphatic carbocycles. The Bertz CT molecular complexity index is 574. The molecular formula is C17H22N4O. The van der Waals surface area contributed by atoms with Crippen molar-refractivity contribution in [3.05, 3.63) is 54.6 Å². The lowest BCUT2D eigenvalue weighted by Crippen LogP contribution is -2.39. The van der Waals surface area contributed by atoms with E-state index in [0.29, 0.717) is 5.92 Å². The molecule has 0 bridgehead atoms. The Morgan fingerprint density at radius 1 is 1.23 bits per heavy atom. The third-order valence-electron chi connectivity index (χ3n) is 4.24. The Kier molecular flexibility index (Phi) is 4.85. The van der Waals surface area contributed by atoms with Crippen LogP contribution in [-0.2, 0) is 6.54 Å². The number of rotatable bonds is 4. The van der Waals surface area contributed by atoms with Crippen molar-refractivity contribution in [2.24, 2.45) is 5.92 Å². The van der Waals surface area contributed by atoms with Crippen LogP contribution in [0.25, 0.3) is 0 Å². The van der Waals surface area contributed by atoms with E-state index in [-0.39, 0.29) is 6.03 Å². The van der Waals surface area contributed by atoms with Crippen LogP contribution in [0.4, 0.5) is 4.79 Å². The van der Waals surface area contributed by atoms with Crippen molar-refractivity contribution in [3.8, 4) is 0 Å². The molecule has 1 saturated heterocycles. The van der Waals surface area contributed by atoms with Gasteiger partial charge in [0.1, 0.15) is 6.33 Å². The molecule has 1 aromatic carbocycles. The van der Waals surface area contributed by atoms with Gasteiger partial charge in [-0.1, -0.05) is 30.3 Å². The Balaban J connectivity index is 1.39. The quantitative estimate of drug-likeness (QED) is 0.942. The van der Waals surface area contributed by atoms with Gasteiger partial charge in [0.15, 0.2) is 0 Å². The Morgan fingerprint density at radius 3 is 2.68 bits per heavy atom. The van der Waals surface area contributed by atoms with Crippen molar-refractivity contribution in [2.75, 3.05) is 19.6 Å². The summed E-state index contributed by atoms with van der Waals surface area (Å²) in [5, 5.41) is 2.98. The van der Waals surface area contributed by atoms with Crippen LogP contribution in [0.5, 0.6) is 0 Å². The molecule has 5 nitrogen and oxygen atoms in total. The molecule has 3 rings (SSSR count). The van der Waals surface area contributed by atoms with Crippen LogP contribution in [0, 0.1) is 5.92 Å². The molecule has 2 heterocycles. The molecular weight excluding hydrogens is 276 g/mol. The van der Waals surface area contributed by atoms with Crippen molar-refractivity contribution in [2.45, 2.75) is 19.4 Å². The molecule has 22 heavy (non-hydrogen) atoms. The van der Waals surface area contributed by atoms with E-state index < -0.39 is 0 Å². The topological polar surface area (TPSA) is 50.2 Å². The SMILES string of the molecule is O=C(NCC1CCN(Cc2ccccc2)CC1)n1ccnc1. The molecule has 1 N–H and O–H groups in total. The van der Waals surface area contributed by atoms with Gasteiger partial charge in [0.25, 0.3) is 0 Å². The average molecular weight is 298 g/mol. The fourth-order valence-corrected chi connectivity index (χ4v) is 2.89. The number of nitrogens with zero attached hydrogens (tertiary/aromatic N) is 3. The molecule has 0 saturated carbocycles. The maximum Gasteiger partial charge on any atom is 0.326 e. The first-order valence-corrected chi connectivity index (χ1v) is 7.84. The van der Waals surface area contributed by atoms with Crippen LogP contribution in [0.15, 0.2) is 49.1 Å². The third-order valence-corrected chi connectivity index (χ3v) is 4.24. The number of piperidine rings is 1. The Hall–Kier alpha value is -2.14. The molecule has 1 aromatic heterocycles. The number of amides is 1. The van der Waals surface area contributed by atoms with Gasteiger partial charge in [-0.05, 0) is 37.4 Å². The van der Waals surface area contributed by atoms with E-state index >= 15 is 0 Å². The second-order valence-electron chi connectivity index (χ2n) is 5.86. The molecule has 1 aliphatic rings. The van der Waals surface area contributed by atoms with Crippen LogP contribution < -0.4 is 5.32 Å². The second-order valence-corrected chi connectivity index (χ2v) is 5.86. The first-order chi connectivity index (χ1) is 10.8. The second kappa shape index (κ2) is 7.22. The first kappa shape index (κ1) is 14.8. The third kappa shape index (κ3) is 3.95. The van der Waals surface area contributed by atoms with E-state index in [2.05, 4.69) is 45.5 Å². The summed E-state index contributed by atoms with van der Waals surface area (Å²) < 4.78 is 1.48. The first-order valence-electron chi connectivity index (χ1n) is 7.84. The van der Waals surface area contributed by atoms with E-state index in [9.17, 15) is 4.79 Å². The van der Waals surface area contributed by atoms with Gasteiger partial charge in [0.05, 0.1) is 0 Å². The van der Waals surface area contributed by atoms with Crippen molar-refractivity contribution in [1.82, 2.24) is 19.8 Å². The van der Waals surface area contributed by atoms with E-state index in [0.717, 1.165) is 39.0 Å². The zero-order valence-corrected chi connectivity index (χ0v) is 12.7. The van der Waals surface area contributed by atoms with Gasteiger partial charge < -0.3 is 5.32 Å². The van der Waals surface area contributed by atoms with E-state index in [1.54, 1.807) is 12.4 Å². The molecule has 0 radical (unpaired) electrons. The van der Waals surface area contributed by atoms with Gasteiger partial charge in [-0.25, -0.2) is 9.78 Å². The predicted molar refractivity (Wildman–Crippen MR) is 85.5 cm³/mol. The highest BCUT2D eigenvalue weighted by molar-refractivity contribution is 5.76. The summed E-state index contributed by atoms with van der Waals surface area (Å²) in [7, 11) is 0. The molecule has 0 unspecified atom stereocenters. The number of aromatic nitrogens is 2. The minimum atomic E-state index is -0.0933. The van der Waals surface area contributed by atoms with Crippen LogP contribution in [-0.4, -0.2) is 40.1 Å². The fourth-order valence-electron chi connectivity index (χ4n) is 2.89. The number of hydrogen-bond acceptors (Lipinski definition) is 3. The van der Waals surface area contributed by atoms with Gasteiger partial charge in [0, 0.05) is 25.5 Å². The highest BCUT2D eigenvalue weighted by Gasteiger charge is 2.19. The summed E-state index contributed by atoms with van der Waals surface area (Å²) in [6.45, 7) is 3.96. The standard InChI is InChI=1S/C17H22N4O/c22-17(21-11-8-18-14-21)19-12-15-6-9-20(10-7-15)13-16-4-2-1-3-5-16/h1-5,8,11,14-15H,6-7,9-10,12-13H2,(H,19,22). The van der Waals surface area contributed by atoms with Crippen molar-refractivity contribution in [3.63, 3.8) is 0 Å². The summed E-state index contributed by atoms with van der Waals surface area (Å²) in [6.07, 6.45) is 7.07. The Morgan fingerprint density at radius 2 is 2.00 bits per heavy atom. The van der Waals surface area contributed by atoms with Gasteiger partial charge in [0.2, 0.25) is 0 Å². The molecule has 0 atom stereocenters. The number of imidazole rings is 1. The lowest BCUT2D eigenvalue weighted by Gasteiger charge is -2.32. The average Bonchev–Trinajstić information content (AvgIpc) is 3.09. The number of carbonyl (C=O) groups excluding carboxylic acids is 1. The maximum atomic E-state index is 11.9. The zero-order chi connectivity index (χ0) is 15.2. The molecule has 0 spiro atoms. The minimum absolute atomic E-state index is 0.0933. The summed E-state index contributed by atoms with van der Waals surface area (Å²) in [5.41, 5.74) is 1.37. The summed E-state index contributed by atoms with van der Waals surface area (Å²) >= 11 is 0. The smallest absolute Gasteiger partial charge is 0.326 e.